The van der Waals surface area contributed by atoms with Gasteiger partial charge in [0, 0.05) is 18.0 Å². The summed E-state index contributed by atoms with van der Waals surface area (Å²) in [6, 6.07) is 5.98. The Labute approximate surface area is 145 Å². The molecule has 0 bridgehead atoms. The summed E-state index contributed by atoms with van der Waals surface area (Å²) in [5.74, 6) is -0.465. The summed E-state index contributed by atoms with van der Waals surface area (Å²) >= 11 is 2.53. The largest absolute Gasteiger partial charge is 0.358 e. The number of carbonyl (C=O) groups is 1. The Hall–Kier alpha value is -2.19. The maximum absolute atomic E-state index is 13.1. The maximum atomic E-state index is 13.1. The first kappa shape index (κ1) is 16.7. The van der Waals surface area contributed by atoms with Gasteiger partial charge in [0.2, 0.25) is 5.91 Å². The van der Waals surface area contributed by atoms with Crippen molar-refractivity contribution in [3.63, 3.8) is 0 Å². The van der Waals surface area contributed by atoms with Gasteiger partial charge in [-0.3, -0.25) is 9.59 Å². The molecule has 0 saturated heterocycles. The van der Waals surface area contributed by atoms with Crippen molar-refractivity contribution in [3.8, 4) is 11.1 Å². The monoisotopic (exact) mass is 363 g/mol. The number of nitrogens with one attached hydrogen (secondary N) is 2. The number of thiophene rings is 1. The van der Waals surface area contributed by atoms with Crippen LogP contribution in [0.1, 0.15) is 6.92 Å². The molecule has 124 valence electrons. The van der Waals surface area contributed by atoms with Crippen molar-refractivity contribution in [3.05, 3.63) is 45.8 Å². The second-order valence-electron chi connectivity index (χ2n) is 5.08. The molecular formula is C16H14FN3O2S2. The van der Waals surface area contributed by atoms with E-state index in [0.29, 0.717) is 15.4 Å². The average molecular weight is 363 g/mol. The van der Waals surface area contributed by atoms with Crippen LogP contribution in [0.4, 0.5) is 4.39 Å². The van der Waals surface area contributed by atoms with E-state index >= 15 is 0 Å². The fourth-order valence-corrected chi connectivity index (χ4v) is 4.11. The zero-order valence-corrected chi connectivity index (χ0v) is 14.6. The first-order valence-corrected chi connectivity index (χ1v) is 8.91. The summed E-state index contributed by atoms with van der Waals surface area (Å²) in [5.41, 5.74) is 1.21. The first-order valence-electron chi connectivity index (χ1n) is 7.15. The Morgan fingerprint density at radius 3 is 2.75 bits per heavy atom. The molecule has 1 aromatic carbocycles. The number of benzene rings is 1. The number of fused-ring (bicyclic) bond motifs is 1. The molecule has 0 spiro atoms. The number of aromatic amines is 1. The van der Waals surface area contributed by atoms with Crippen LogP contribution in [-0.2, 0) is 4.79 Å². The van der Waals surface area contributed by atoms with E-state index in [2.05, 4.69) is 15.3 Å². The molecule has 0 radical (unpaired) electrons. The maximum Gasteiger partial charge on any atom is 0.260 e. The lowest BCUT2D eigenvalue weighted by atomic mass is 10.1. The van der Waals surface area contributed by atoms with E-state index in [1.807, 2.05) is 5.38 Å². The van der Waals surface area contributed by atoms with Crippen LogP contribution in [0.15, 0.2) is 39.6 Å². The van der Waals surface area contributed by atoms with Gasteiger partial charge in [0.05, 0.1) is 10.6 Å². The molecule has 0 fully saturated rings. The molecule has 5 nitrogen and oxygen atoms in total. The molecule has 3 rings (SSSR count). The summed E-state index contributed by atoms with van der Waals surface area (Å²) < 4.78 is 13.1. The normalized spacial score (nSPS) is 12.3. The van der Waals surface area contributed by atoms with E-state index in [-0.39, 0.29) is 22.5 Å². The zero-order chi connectivity index (χ0) is 17.3. The van der Waals surface area contributed by atoms with Crippen LogP contribution in [-0.4, -0.2) is 28.2 Å². The van der Waals surface area contributed by atoms with Crippen molar-refractivity contribution in [1.29, 1.82) is 0 Å². The Morgan fingerprint density at radius 1 is 1.38 bits per heavy atom. The van der Waals surface area contributed by atoms with Crippen LogP contribution in [0.25, 0.3) is 21.3 Å². The van der Waals surface area contributed by atoms with Crippen LogP contribution in [0.5, 0.6) is 0 Å². The third kappa shape index (κ3) is 3.20. The highest BCUT2D eigenvalue weighted by Gasteiger charge is 2.17. The molecule has 1 amide bonds. The first-order chi connectivity index (χ1) is 11.5. The van der Waals surface area contributed by atoms with E-state index in [4.69, 9.17) is 0 Å². The number of aromatic nitrogens is 2. The predicted molar refractivity (Wildman–Crippen MR) is 95.0 cm³/mol. The van der Waals surface area contributed by atoms with Crippen LogP contribution in [0.3, 0.4) is 0 Å². The minimum Gasteiger partial charge on any atom is -0.358 e. The molecule has 2 heterocycles. The van der Waals surface area contributed by atoms with Gasteiger partial charge in [-0.2, -0.15) is 0 Å². The number of carbonyl (C=O) groups excluding carboxylic acids is 1. The molecule has 1 atom stereocenters. The molecular weight excluding hydrogens is 349 g/mol. The highest BCUT2D eigenvalue weighted by atomic mass is 32.2. The number of halogens is 1. The number of hydrogen-bond acceptors (Lipinski definition) is 5. The van der Waals surface area contributed by atoms with Gasteiger partial charge in [-0.25, -0.2) is 9.37 Å². The summed E-state index contributed by atoms with van der Waals surface area (Å²) in [6.45, 7) is 1.74. The molecule has 1 unspecified atom stereocenters. The Balaban J connectivity index is 2.01. The third-order valence-electron chi connectivity index (χ3n) is 3.48. The number of H-pyrrole nitrogens is 1. The van der Waals surface area contributed by atoms with Gasteiger partial charge >= 0.3 is 0 Å². The Morgan fingerprint density at radius 2 is 2.08 bits per heavy atom. The van der Waals surface area contributed by atoms with Gasteiger partial charge in [-0.05, 0) is 24.6 Å². The molecule has 3 aromatic rings. The number of rotatable bonds is 4. The number of amides is 1. The van der Waals surface area contributed by atoms with E-state index in [1.165, 1.54) is 35.2 Å². The fourth-order valence-electron chi connectivity index (χ4n) is 2.25. The topological polar surface area (TPSA) is 74.8 Å². The van der Waals surface area contributed by atoms with Crippen molar-refractivity contribution in [2.75, 3.05) is 7.05 Å². The fraction of sp³-hybridized carbons (Fsp3) is 0.188. The molecule has 24 heavy (non-hydrogen) atoms. The molecule has 2 aromatic heterocycles. The highest BCUT2D eigenvalue weighted by molar-refractivity contribution is 8.00. The summed E-state index contributed by atoms with van der Waals surface area (Å²) in [4.78, 5) is 31.8. The van der Waals surface area contributed by atoms with Gasteiger partial charge in [0.25, 0.3) is 5.56 Å². The van der Waals surface area contributed by atoms with Gasteiger partial charge < -0.3 is 10.3 Å². The van der Waals surface area contributed by atoms with Gasteiger partial charge in [-0.1, -0.05) is 23.9 Å². The second-order valence-corrected chi connectivity index (χ2v) is 7.27. The Kier molecular flexibility index (Phi) is 4.68. The smallest absolute Gasteiger partial charge is 0.260 e. The number of thioether (sulfide) groups is 1. The van der Waals surface area contributed by atoms with E-state index in [0.717, 1.165) is 11.1 Å². The predicted octanol–water partition coefficient (Wildman–Crippen LogP) is 3.02. The van der Waals surface area contributed by atoms with Crippen LogP contribution >= 0.6 is 23.1 Å². The molecule has 0 aliphatic heterocycles. The van der Waals surface area contributed by atoms with Crippen LogP contribution in [0, 0.1) is 5.82 Å². The quantitative estimate of drug-likeness (QED) is 0.552. The van der Waals surface area contributed by atoms with E-state index < -0.39 is 0 Å². The average Bonchev–Trinajstić information content (AvgIpc) is 2.99. The van der Waals surface area contributed by atoms with Gasteiger partial charge in [-0.15, -0.1) is 11.3 Å². The number of hydrogen-bond donors (Lipinski definition) is 2. The van der Waals surface area contributed by atoms with Crippen molar-refractivity contribution in [2.24, 2.45) is 0 Å². The van der Waals surface area contributed by atoms with Gasteiger partial charge in [0.15, 0.2) is 5.16 Å². The lowest BCUT2D eigenvalue weighted by Crippen LogP contribution is -2.27. The van der Waals surface area contributed by atoms with E-state index in [9.17, 15) is 14.0 Å². The van der Waals surface area contributed by atoms with Gasteiger partial charge in [0.1, 0.15) is 10.6 Å². The summed E-state index contributed by atoms with van der Waals surface area (Å²) in [7, 11) is 1.56. The third-order valence-corrected chi connectivity index (χ3v) is 5.34. The van der Waals surface area contributed by atoms with Crippen molar-refractivity contribution >= 4 is 39.2 Å². The van der Waals surface area contributed by atoms with Crippen molar-refractivity contribution < 1.29 is 9.18 Å². The molecule has 0 aliphatic rings. The highest BCUT2D eigenvalue weighted by Crippen LogP contribution is 2.32. The lowest BCUT2D eigenvalue weighted by molar-refractivity contribution is -0.119. The second kappa shape index (κ2) is 6.74. The zero-order valence-electron chi connectivity index (χ0n) is 12.9. The van der Waals surface area contributed by atoms with Crippen molar-refractivity contribution in [1.82, 2.24) is 15.3 Å². The number of nitrogens with zero attached hydrogens (tertiary/aromatic N) is 1. The molecule has 8 heteroatoms. The lowest BCUT2D eigenvalue weighted by Gasteiger charge is -2.08. The van der Waals surface area contributed by atoms with Crippen LogP contribution < -0.4 is 10.9 Å². The molecule has 2 N–H and O–H groups in total. The standard InChI is InChI=1S/C16H14FN3O2S2/c1-8(13(21)18-2)24-16-19-14(22)12-11(7-23-15(12)20-16)9-3-5-10(17)6-4-9/h3-8H,1-2H3,(H,18,21)(H,19,20,22). The summed E-state index contributed by atoms with van der Waals surface area (Å²) in [6.07, 6.45) is 0. The van der Waals surface area contributed by atoms with Crippen LogP contribution in [0.2, 0.25) is 0 Å². The minimum absolute atomic E-state index is 0.138. The Bertz CT molecular complexity index is 950. The molecule has 0 saturated carbocycles. The molecule has 0 aliphatic carbocycles. The van der Waals surface area contributed by atoms with E-state index in [1.54, 1.807) is 26.1 Å². The van der Waals surface area contributed by atoms with Crippen molar-refractivity contribution in [2.45, 2.75) is 17.3 Å². The summed E-state index contributed by atoms with van der Waals surface area (Å²) in [5, 5.41) is 4.90. The SMILES string of the molecule is CNC(=O)C(C)Sc1nc2scc(-c3ccc(F)cc3)c2c(=O)[nH]1. The minimum atomic E-state index is -0.368.